The van der Waals surface area contributed by atoms with Crippen molar-refractivity contribution in [2.75, 3.05) is 32.7 Å². The highest BCUT2D eigenvalue weighted by Crippen LogP contribution is 2.07. The van der Waals surface area contributed by atoms with Gasteiger partial charge in [0.25, 0.3) is 0 Å². The summed E-state index contributed by atoms with van der Waals surface area (Å²) in [6.07, 6.45) is 2.27. The summed E-state index contributed by atoms with van der Waals surface area (Å²) in [4.78, 5) is 2.47. The van der Waals surface area contributed by atoms with Crippen molar-refractivity contribution < 1.29 is 0 Å². The minimum Gasteiger partial charge on any atom is -0.316 e. The van der Waals surface area contributed by atoms with E-state index in [0.29, 0.717) is 0 Å². The number of rotatable bonds is 8. The first-order valence-electron chi connectivity index (χ1n) is 6.91. The minimum atomic E-state index is 1.05. The molecule has 0 saturated carbocycles. The summed E-state index contributed by atoms with van der Waals surface area (Å²) in [6.45, 7) is 12.0. The second-order valence-corrected chi connectivity index (χ2v) is 4.62. The van der Waals surface area contributed by atoms with Gasteiger partial charge in [-0.05, 0) is 25.6 Å². The van der Waals surface area contributed by atoms with Crippen molar-refractivity contribution in [1.82, 2.24) is 10.2 Å². The SMILES string of the molecule is CCNCCN(CC)C/C(C)=C/c1ccccc1. The smallest absolute Gasteiger partial charge is 0.0193 e. The topological polar surface area (TPSA) is 15.3 Å². The summed E-state index contributed by atoms with van der Waals surface area (Å²) in [5.41, 5.74) is 2.71. The Balaban J connectivity index is 2.46. The minimum absolute atomic E-state index is 1.05. The molecule has 0 aliphatic rings. The molecule has 0 bridgehead atoms. The Bertz CT molecular complexity index is 343. The molecule has 0 radical (unpaired) electrons. The zero-order valence-electron chi connectivity index (χ0n) is 11.9. The van der Waals surface area contributed by atoms with Gasteiger partial charge in [-0.15, -0.1) is 0 Å². The van der Waals surface area contributed by atoms with Gasteiger partial charge in [-0.3, -0.25) is 4.90 Å². The second-order valence-electron chi connectivity index (χ2n) is 4.62. The Morgan fingerprint density at radius 3 is 2.56 bits per heavy atom. The Morgan fingerprint density at radius 1 is 1.22 bits per heavy atom. The number of benzene rings is 1. The van der Waals surface area contributed by atoms with Gasteiger partial charge in [0, 0.05) is 19.6 Å². The van der Waals surface area contributed by atoms with Gasteiger partial charge >= 0.3 is 0 Å². The maximum atomic E-state index is 3.37. The van der Waals surface area contributed by atoms with Crippen LogP contribution in [-0.2, 0) is 0 Å². The zero-order chi connectivity index (χ0) is 13.2. The van der Waals surface area contributed by atoms with Crippen LogP contribution in [0.4, 0.5) is 0 Å². The van der Waals surface area contributed by atoms with Crippen LogP contribution in [0, 0.1) is 0 Å². The second kappa shape index (κ2) is 8.90. The van der Waals surface area contributed by atoms with Crippen LogP contribution in [0.25, 0.3) is 6.08 Å². The molecule has 0 unspecified atom stereocenters. The molecule has 1 aromatic rings. The van der Waals surface area contributed by atoms with E-state index < -0.39 is 0 Å². The van der Waals surface area contributed by atoms with E-state index in [1.165, 1.54) is 11.1 Å². The van der Waals surface area contributed by atoms with Crippen molar-refractivity contribution in [2.45, 2.75) is 20.8 Å². The lowest BCUT2D eigenvalue weighted by Gasteiger charge is -2.20. The van der Waals surface area contributed by atoms with Gasteiger partial charge in [0.15, 0.2) is 0 Å². The van der Waals surface area contributed by atoms with Crippen LogP contribution >= 0.6 is 0 Å². The summed E-state index contributed by atoms with van der Waals surface area (Å²) in [6, 6.07) is 10.5. The molecule has 1 rings (SSSR count). The number of hydrogen-bond donors (Lipinski definition) is 1. The quantitative estimate of drug-likeness (QED) is 0.709. The summed E-state index contributed by atoms with van der Waals surface area (Å²) < 4.78 is 0. The van der Waals surface area contributed by atoms with E-state index in [1.807, 2.05) is 0 Å². The average molecular weight is 246 g/mol. The van der Waals surface area contributed by atoms with E-state index in [1.54, 1.807) is 0 Å². The lowest BCUT2D eigenvalue weighted by atomic mass is 10.1. The third-order valence-electron chi connectivity index (χ3n) is 2.99. The molecule has 1 N–H and O–H groups in total. The van der Waals surface area contributed by atoms with E-state index in [4.69, 9.17) is 0 Å². The molecule has 0 amide bonds. The maximum absolute atomic E-state index is 3.37. The van der Waals surface area contributed by atoms with Gasteiger partial charge in [0.2, 0.25) is 0 Å². The Morgan fingerprint density at radius 2 is 1.94 bits per heavy atom. The fourth-order valence-electron chi connectivity index (χ4n) is 2.00. The molecular weight excluding hydrogens is 220 g/mol. The standard InChI is InChI=1S/C16H26N2/c1-4-17-11-12-18(5-2)14-15(3)13-16-9-7-6-8-10-16/h6-10,13,17H,4-5,11-12,14H2,1-3H3/b15-13+. The molecule has 0 saturated heterocycles. The first-order valence-corrected chi connectivity index (χ1v) is 6.91. The maximum Gasteiger partial charge on any atom is 0.0193 e. The van der Waals surface area contributed by atoms with Crippen LogP contribution in [0.5, 0.6) is 0 Å². The Hall–Kier alpha value is -1.12. The van der Waals surface area contributed by atoms with Gasteiger partial charge < -0.3 is 5.32 Å². The van der Waals surface area contributed by atoms with Crippen LogP contribution in [0.2, 0.25) is 0 Å². The summed E-state index contributed by atoms with van der Waals surface area (Å²) in [5.74, 6) is 0. The van der Waals surface area contributed by atoms with E-state index in [2.05, 4.69) is 67.4 Å². The summed E-state index contributed by atoms with van der Waals surface area (Å²) >= 11 is 0. The number of likely N-dealkylation sites (N-methyl/N-ethyl adjacent to an activating group) is 2. The van der Waals surface area contributed by atoms with Gasteiger partial charge in [-0.1, -0.05) is 55.8 Å². The molecule has 0 aliphatic heterocycles. The van der Waals surface area contributed by atoms with E-state index in [-0.39, 0.29) is 0 Å². The van der Waals surface area contributed by atoms with Gasteiger partial charge in [0.05, 0.1) is 0 Å². The highest BCUT2D eigenvalue weighted by Gasteiger charge is 2.02. The first-order chi connectivity index (χ1) is 8.76. The van der Waals surface area contributed by atoms with E-state index >= 15 is 0 Å². The van der Waals surface area contributed by atoms with Gasteiger partial charge in [0.1, 0.15) is 0 Å². The molecule has 0 spiro atoms. The lowest BCUT2D eigenvalue weighted by Crippen LogP contribution is -2.33. The highest BCUT2D eigenvalue weighted by atomic mass is 15.1. The molecule has 18 heavy (non-hydrogen) atoms. The molecule has 2 nitrogen and oxygen atoms in total. The van der Waals surface area contributed by atoms with Crippen LogP contribution in [0.1, 0.15) is 26.3 Å². The molecular formula is C16H26N2. The summed E-state index contributed by atoms with van der Waals surface area (Å²) in [5, 5.41) is 3.37. The van der Waals surface area contributed by atoms with Crippen molar-refractivity contribution in [3.8, 4) is 0 Å². The molecule has 0 heterocycles. The Labute approximate surface area is 112 Å². The zero-order valence-corrected chi connectivity index (χ0v) is 11.9. The fraction of sp³-hybridized carbons (Fsp3) is 0.500. The predicted molar refractivity (Wildman–Crippen MR) is 80.8 cm³/mol. The van der Waals surface area contributed by atoms with Crippen LogP contribution in [-0.4, -0.2) is 37.6 Å². The number of hydrogen-bond acceptors (Lipinski definition) is 2. The van der Waals surface area contributed by atoms with Crippen molar-refractivity contribution >= 4 is 6.08 Å². The van der Waals surface area contributed by atoms with E-state index in [9.17, 15) is 0 Å². The van der Waals surface area contributed by atoms with Crippen molar-refractivity contribution in [3.05, 3.63) is 41.5 Å². The largest absolute Gasteiger partial charge is 0.316 e. The number of nitrogens with one attached hydrogen (secondary N) is 1. The monoisotopic (exact) mass is 246 g/mol. The summed E-state index contributed by atoms with van der Waals surface area (Å²) in [7, 11) is 0. The van der Waals surface area contributed by atoms with Crippen molar-refractivity contribution in [3.63, 3.8) is 0 Å². The molecule has 1 aromatic carbocycles. The highest BCUT2D eigenvalue weighted by molar-refractivity contribution is 5.52. The Kier molecular flexibility index (Phi) is 7.38. The molecule has 0 aromatic heterocycles. The first kappa shape index (κ1) is 14.9. The normalized spacial score (nSPS) is 12.1. The van der Waals surface area contributed by atoms with Crippen LogP contribution in [0.3, 0.4) is 0 Å². The molecule has 100 valence electrons. The molecule has 0 fully saturated rings. The molecule has 0 aliphatic carbocycles. The number of nitrogens with zero attached hydrogens (tertiary/aromatic N) is 1. The molecule has 2 heteroatoms. The van der Waals surface area contributed by atoms with Crippen LogP contribution < -0.4 is 5.32 Å². The van der Waals surface area contributed by atoms with Crippen molar-refractivity contribution in [1.29, 1.82) is 0 Å². The third kappa shape index (κ3) is 5.99. The fourth-order valence-corrected chi connectivity index (χ4v) is 2.00. The average Bonchev–Trinajstić information content (AvgIpc) is 2.39. The lowest BCUT2D eigenvalue weighted by molar-refractivity contribution is 0.312. The van der Waals surface area contributed by atoms with Crippen molar-refractivity contribution in [2.24, 2.45) is 0 Å². The third-order valence-corrected chi connectivity index (χ3v) is 2.99. The van der Waals surface area contributed by atoms with E-state index in [0.717, 1.165) is 32.7 Å². The van der Waals surface area contributed by atoms with Gasteiger partial charge in [-0.2, -0.15) is 0 Å². The predicted octanol–water partition coefficient (Wildman–Crippen LogP) is 3.02. The van der Waals surface area contributed by atoms with Crippen LogP contribution in [0.15, 0.2) is 35.9 Å². The van der Waals surface area contributed by atoms with Gasteiger partial charge in [-0.25, -0.2) is 0 Å². The molecule has 0 atom stereocenters.